The van der Waals surface area contributed by atoms with E-state index in [9.17, 15) is 8.42 Å². The van der Waals surface area contributed by atoms with Gasteiger partial charge in [0.05, 0.1) is 17.1 Å². The van der Waals surface area contributed by atoms with Crippen molar-refractivity contribution in [2.75, 3.05) is 10.8 Å². The number of sulfonamides is 1. The molecule has 0 aliphatic carbocycles. The first kappa shape index (κ1) is 14.3. The number of nitrogens with zero attached hydrogens (tertiary/aromatic N) is 1. The summed E-state index contributed by atoms with van der Waals surface area (Å²) in [5, 5.41) is 0. The Morgan fingerprint density at radius 3 is 2.25 bits per heavy atom. The molecular weight excluding hydrogens is 270 g/mol. The van der Waals surface area contributed by atoms with Gasteiger partial charge in [-0.15, -0.1) is 6.58 Å². The molecule has 0 aliphatic heterocycles. The second-order valence-electron chi connectivity index (χ2n) is 4.42. The summed E-state index contributed by atoms with van der Waals surface area (Å²) in [4.78, 5) is 0.283. The molecule has 0 saturated heterocycles. The van der Waals surface area contributed by atoms with Crippen molar-refractivity contribution in [2.24, 2.45) is 0 Å². The third-order valence-electron chi connectivity index (χ3n) is 3.01. The molecule has 0 N–H and O–H groups in total. The van der Waals surface area contributed by atoms with Crippen LogP contribution in [0.15, 0.2) is 72.1 Å². The van der Waals surface area contributed by atoms with Gasteiger partial charge in [-0.3, -0.25) is 4.31 Å². The third-order valence-corrected chi connectivity index (χ3v) is 4.80. The van der Waals surface area contributed by atoms with Crippen LogP contribution in [0.25, 0.3) is 0 Å². The van der Waals surface area contributed by atoms with Crippen molar-refractivity contribution in [1.29, 1.82) is 0 Å². The zero-order valence-electron chi connectivity index (χ0n) is 11.4. The number of hydrogen-bond donors (Lipinski definition) is 0. The van der Waals surface area contributed by atoms with Crippen molar-refractivity contribution >= 4 is 15.7 Å². The molecule has 0 fully saturated rings. The van der Waals surface area contributed by atoms with Gasteiger partial charge in [0.2, 0.25) is 0 Å². The zero-order valence-corrected chi connectivity index (χ0v) is 12.2. The number of hydrogen-bond acceptors (Lipinski definition) is 2. The van der Waals surface area contributed by atoms with E-state index in [1.807, 2.05) is 25.1 Å². The first-order valence-corrected chi connectivity index (χ1v) is 7.75. The SMILES string of the molecule is C=CCN(c1ccccc1C)S(=O)(=O)c1ccccc1. The molecule has 0 atom stereocenters. The van der Waals surface area contributed by atoms with Gasteiger partial charge in [0.15, 0.2) is 0 Å². The Balaban J connectivity index is 2.55. The van der Waals surface area contributed by atoms with Gasteiger partial charge in [0.25, 0.3) is 10.0 Å². The maximum atomic E-state index is 12.8. The van der Waals surface area contributed by atoms with E-state index in [1.54, 1.807) is 42.5 Å². The van der Waals surface area contributed by atoms with E-state index in [0.29, 0.717) is 5.69 Å². The summed E-state index contributed by atoms with van der Waals surface area (Å²) in [6, 6.07) is 15.9. The zero-order chi connectivity index (χ0) is 14.6. The molecule has 4 heteroatoms. The van der Waals surface area contributed by atoms with Crippen molar-refractivity contribution in [1.82, 2.24) is 0 Å². The molecule has 0 amide bonds. The molecule has 0 radical (unpaired) electrons. The van der Waals surface area contributed by atoms with Crippen LogP contribution in [0.2, 0.25) is 0 Å². The summed E-state index contributed by atoms with van der Waals surface area (Å²) in [6.07, 6.45) is 1.59. The molecular formula is C16H17NO2S. The van der Waals surface area contributed by atoms with E-state index in [2.05, 4.69) is 6.58 Å². The fourth-order valence-corrected chi connectivity index (χ4v) is 3.53. The lowest BCUT2D eigenvalue weighted by Crippen LogP contribution is -2.31. The van der Waals surface area contributed by atoms with Gasteiger partial charge in [0.1, 0.15) is 0 Å². The Morgan fingerprint density at radius 1 is 1.05 bits per heavy atom. The predicted octanol–water partition coefficient (Wildman–Crippen LogP) is 3.38. The van der Waals surface area contributed by atoms with E-state index >= 15 is 0 Å². The Morgan fingerprint density at radius 2 is 1.65 bits per heavy atom. The van der Waals surface area contributed by atoms with Gasteiger partial charge in [-0.1, -0.05) is 42.5 Å². The second-order valence-corrected chi connectivity index (χ2v) is 6.29. The monoisotopic (exact) mass is 287 g/mol. The molecule has 20 heavy (non-hydrogen) atoms. The molecule has 0 bridgehead atoms. The van der Waals surface area contributed by atoms with Crippen molar-refractivity contribution in [3.8, 4) is 0 Å². The summed E-state index contributed by atoms with van der Waals surface area (Å²) >= 11 is 0. The standard InChI is InChI=1S/C16H17NO2S/c1-3-13-17(16-12-8-7-9-14(16)2)20(18,19)15-10-5-4-6-11-15/h3-12H,1,13H2,2H3. The molecule has 3 nitrogen and oxygen atoms in total. The van der Waals surface area contributed by atoms with Crippen LogP contribution in [-0.2, 0) is 10.0 Å². The smallest absolute Gasteiger partial charge is 0.262 e. The average molecular weight is 287 g/mol. The molecule has 0 heterocycles. The van der Waals surface area contributed by atoms with Gasteiger partial charge >= 0.3 is 0 Å². The predicted molar refractivity (Wildman–Crippen MR) is 82.3 cm³/mol. The molecule has 0 spiro atoms. The van der Waals surface area contributed by atoms with Crippen LogP contribution in [0.3, 0.4) is 0 Å². The van der Waals surface area contributed by atoms with Gasteiger partial charge in [0, 0.05) is 0 Å². The highest BCUT2D eigenvalue weighted by molar-refractivity contribution is 7.92. The Labute approximate surface area is 120 Å². The third kappa shape index (κ3) is 2.75. The Kier molecular flexibility index (Phi) is 4.25. The number of para-hydroxylation sites is 1. The van der Waals surface area contributed by atoms with Crippen molar-refractivity contribution < 1.29 is 8.42 Å². The fourth-order valence-electron chi connectivity index (χ4n) is 2.01. The lowest BCUT2D eigenvalue weighted by Gasteiger charge is -2.24. The van der Waals surface area contributed by atoms with Crippen LogP contribution >= 0.6 is 0 Å². The van der Waals surface area contributed by atoms with E-state index in [1.165, 1.54) is 4.31 Å². The maximum absolute atomic E-state index is 12.8. The quantitative estimate of drug-likeness (QED) is 0.791. The first-order chi connectivity index (χ1) is 9.57. The van der Waals surface area contributed by atoms with Crippen LogP contribution in [0, 0.1) is 6.92 Å². The highest BCUT2D eigenvalue weighted by Crippen LogP contribution is 2.26. The first-order valence-electron chi connectivity index (χ1n) is 6.31. The summed E-state index contributed by atoms with van der Waals surface area (Å²) in [5.74, 6) is 0. The number of benzene rings is 2. The largest absolute Gasteiger partial charge is 0.264 e. The molecule has 104 valence electrons. The minimum absolute atomic E-state index is 0.238. The normalized spacial score (nSPS) is 11.1. The van der Waals surface area contributed by atoms with Gasteiger partial charge in [-0.05, 0) is 30.7 Å². The summed E-state index contributed by atoms with van der Waals surface area (Å²) in [6.45, 7) is 5.79. The fraction of sp³-hybridized carbons (Fsp3) is 0.125. The average Bonchev–Trinajstić information content (AvgIpc) is 2.46. The van der Waals surface area contributed by atoms with Crippen molar-refractivity contribution in [3.63, 3.8) is 0 Å². The van der Waals surface area contributed by atoms with Crippen molar-refractivity contribution in [3.05, 3.63) is 72.8 Å². The lowest BCUT2D eigenvalue weighted by atomic mass is 10.2. The van der Waals surface area contributed by atoms with Crippen LogP contribution in [0.4, 0.5) is 5.69 Å². The van der Waals surface area contributed by atoms with Crippen LogP contribution in [0.1, 0.15) is 5.56 Å². The lowest BCUT2D eigenvalue weighted by molar-refractivity contribution is 0.592. The molecule has 0 saturated carbocycles. The van der Waals surface area contributed by atoms with Crippen molar-refractivity contribution in [2.45, 2.75) is 11.8 Å². The molecule has 0 unspecified atom stereocenters. The topological polar surface area (TPSA) is 37.4 Å². The molecule has 2 aromatic rings. The summed E-state index contributed by atoms with van der Waals surface area (Å²) in [7, 11) is -3.58. The number of aryl methyl sites for hydroxylation is 1. The van der Waals surface area contributed by atoms with Crippen LogP contribution < -0.4 is 4.31 Å². The Hall–Kier alpha value is -2.07. The highest BCUT2D eigenvalue weighted by atomic mass is 32.2. The maximum Gasteiger partial charge on any atom is 0.264 e. The molecule has 2 rings (SSSR count). The number of rotatable bonds is 5. The van der Waals surface area contributed by atoms with E-state index in [4.69, 9.17) is 0 Å². The van der Waals surface area contributed by atoms with E-state index in [0.717, 1.165) is 5.56 Å². The van der Waals surface area contributed by atoms with Crippen LogP contribution in [0.5, 0.6) is 0 Å². The van der Waals surface area contributed by atoms with Gasteiger partial charge in [-0.25, -0.2) is 8.42 Å². The van der Waals surface area contributed by atoms with Gasteiger partial charge in [-0.2, -0.15) is 0 Å². The summed E-state index contributed by atoms with van der Waals surface area (Å²) in [5.41, 5.74) is 1.59. The highest BCUT2D eigenvalue weighted by Gasteiger charge is 2.24. The molecule has 2 aromatic carbocycles. The van der Waals surface area contributed by atoms with E-state index < -0.39 is 10.0 Å². The number of anilines is 1. The van der Waals surface area contributed by atoms with Gasteiger partial charge < -0.3 is 0 Å². The minimum atomic E-state index is -3.58. The molecule has 0 aliphatic rings. The van der Waals surface area contributed by atoms with E-state index in [-0.39, 0.29) is 11.4 Å². The molecule has 0 aromatic heterocycles. The Bertz CT molecular complexity index is 693. The second kappa shape index (κ2) is 5.92. The summed E-state index contributed by atoms with van der Waals surface area (Å²) < 4.78 is 26.9. The minimum Gasteiger partial charge on any atom is -0.262 e. The van der Waals surface area contributed by atoms with Crippen LogP contribution in [-0.4, -0.2) is 15.0 Å².